The summed E-state index contributed by atoms with van der Waals surface area (Å²) in [5, 5.41) is 6.07. The molecule has 0 aliphatic carbocycles. The fourth-order valence-corrected chi connectivity index (χ4v) is 2.26. The van der Waals surface area contributed by atoms with Crippen molar-refractivity contribution >= 4 is 17.8 Å². The fourth-order valence-electron chi connectivity index (χ4n) is 2.26. The third-order valence-electron chi connectivity index (χ3n) is 3.42. The molecule has 0 aliphatic heterocycles. The Morgan fingerprint density at radius 3 is 2.29 bits per heavy atom. The van der Waals surface area contributed by atoms with Crippen LogP contribution in [0.1, 0.15) is 24.8 Å². The molecule has 0 atom stereocenters. The van der Waals surface area contributed by atoms with Crippen molar-refractivity contribution in [1.29, 1.82) is 0 Å². The summed E-state index contributed by atoms with van der Waals surface area (Å²) in [5.74, 6) is 0. The van der Waals surface area contributed by atoms with Gasteiger partial charge < -0.3 is 10.6 Å². The van der Waals surface area contributed by atoms with Crippen LogP contribution in [0.5, 0.6) is 0 Å². The lowest BCUT2D eigenvalue weighted by Gasteiger charge is -2.06. The largest absolute Gasteiger partial charge is 0.385 e. The molecule has 21 heavy (non-hydrogen) atoms. The van der Waals surface area contributed by atoms with Gasteiger partial charge in [-0.3, -0.25) is 4.79 Å². The Balaban J connectivity index is 1.58. The van der Waals surface area contributed by atoms with E-state index in [1.54, 1.807) is 0 Å². The molecule has 0 bridgehead atoms. The van der Waals surface area contributed by atoms with E-state index < -0.39 is 0 Å². The molecular formula is C18H22N2O. The van der Waals surface area contributed by atoms with E-state index in [9.17, 15) is 4.79 Å². The highest BCUT2D eigenvalue weighted by Gasteiger charge is 1.95. The van der Waals surface area contributed by atoms with E-state index in [0.29, 0.717) is 6.41 Å². The van der Waals surface area contributed by atoms with Crippen molar-refractivity contribution < 1.29 is 4.79 Å². The highest BCUT2D eigenvalue weighted by Crippen LogP contribution is 2.12. The number of aryl methyl sites for hydroxylation is 1. The highest BCUT2D eigenvalue weighted by atomic mass is 16.1. The molecule has 2 N–H and O–H groups in total. The topological polar surface area (TPSA) is 41.1 Å². The fraction of sp³-hybridized carbons (Fsp3) is 0.278. The van der Waals surface area contributed by atoms with Crippen molar-refractivity contribution in [2.45, 2.75) is 25.7 Å². The lowest BCUT2D eigenvalue weighted by Crippen LogP contribution is -2.01. The molecule has 0 fully saturated rings. The van der Waals surface area contributed by atoms with Crippen LogP contribution in [0, 0.1) is 0 Å². The second kappa shape index (κ2) is 8.80. The number of carbonyl (C=O) groups excluding carboxylic acids is 1. The molecule has 110 valence electrons. The Morgan fingerprint density at radius 2 is 1.57 bits per heavy atom. The molecule has 0 saturated carbocycles. The van der Waals surface area contributed by atoms with E-state index in [2.05, 4.69) is 34.9 Å². The number of nitrogens with one attached hydrogen (secondary N) is 2. The van der Waals surface area contributed by atoms with Crippen molar-refractivity contribution in [3.63, 3.8) is 0 Å². The minimum Gasteiger partial charge on any atom is -0.385 e. The molecule has 1 amide bonds. The van der Waals surface area contributed by atoms with Gasteiger partial charge >= 0.3 is 0 Å². The highest BCUT2D eigenvalue weighted by molar-refractivity contribution is 5.71. The first kappa shape index (κ1) is 15.1. The summed E-state index contributed by atoms with van der Waals surface area (Å²) in [5.41, 5.74) is 3.36. The van der Waals surface area contributed by atoms with E-state index >= 15 is 0 Å². The van der Waals surface area contributed by atoms with E-state index in [0.717, 1.165) is 18.7 Å². The third-order valence-corrected chi connectivity index (χ3v) is 3.42. The van der Waals surface area contributed by atoms with Crippen LogP contribution in [0.2, 0.25) is 0 Å². The van der Waals surface area contributed by atoms with Gasteiger partial charge in [0.05, 0.1) is 0 Å². The predicted molar refractivity (Wildman–Crippen MR) is 88.6 cm³/mol. The van der Waals surface area contributed by atoms with Crippen molar-refractivity contribution in [3.05, 3.63) is 60.2 Å². The van der Waals surface area contributed by atoms with Gasteiger partial charge in [0, 0.05) is 17.9 Å². The van der Waals surface area contributed by atoms with E-state index in [1.165, 1.54) is 30.5 Å². The van der Waals surface area contributed by atoms with E-state index in [4.69, 9.17) is 0 Å². The van der Waals surface area contributed by atoms with Crippen LogP contribution in [0.4, 0.5) is 11.4 Å². The Kier molecular flexibility index (Phi) is 6.33. The molecule has 2 aromatic carbocycles. The number of hydrogen-bond acceptors (Lipinski definition) is 2. The molecule has 0 radical (unpaired) electrons. The average Bonchev–Trinajstić information content (AvgIpc) is 2.53. The molecule has 0 unspecified atom stereocenters. The zero-order chi connectivity index (χ0) is 14.8. The maximum Gasteiger partial charge on any atom is 0.211 e. The molecule has 2 aromatic rings. The van der Waals surface area contributed by atoms with E-state index in [-0.39, 0.29) is 0 Å². The predicted octanol–water partition coefficient (Wildman–Crippen LogP) is 4.08. The summed E-state index contributed by atoms with van der Waals surface area (Å²) in [7, 11) is 0. The van der Waals surface area contributed by atoms with Crippen LogP contribution in [-0.4, -0.2) is 13.0 Å². The number of unbranched alkanes of at least 4 members (excludes halogenated alkanes) is 2. The lowest BCUT2D eigenvalue weighted by molar-refractivity contribution is -0.105. The molecule has 3 nitrogen and oxygen atoms in total. The number of anilines is 2. The SMILES string of the molecule is O=CNc1ccc(CCCCCNc2ccccc2)cc1. The Bertz CT molecular complexity index is 523. The summed E-state index contributed by atoms with van der Waals surface area (Å²) in [4.78, 5) is 10.3. The van der Waals surface area contributed by atoms with Crippen LogP contribution >= 0.6 is 0 Å². The molecule has 0 saturated heterocycles. The molecular weight excluding hydrogens is 260 g/mol. The van der Waals surface area contributed by atoms with Gasteiger partial charge in [-0.2, -0.15) is 0 Å². The van der Waals surface area contributed by atoms with Gasteiger partial charge in [-0.15, -0.1) is 0 Å². The maximum atomic E-state index is 10.3. The van der Waals surface area contributed by atoms with Crippen molar-refractivity contribution in [2.24, 2.45) is 0 Å². The van der Waals surface area contributed by atoms with Gasteiger partial charge in [-0.05, 0) is 49.1 Å². The summed E-state index contributed by atoms with van der Waals surface area (Å²) in [6.45, 7) is 1.02. The number of para-hydroxylation sites is 1. The Morgan fingerprint density at radius 1 is 0.810 bits per heavy atom. The van der Waals surface area contributed by atoms with Gasteiger partial charge in [0.25, 0.3) is 0 Å². The van der Waals surface area contributed by atoms with Crippen LogP contribution in [-0.2, 0) is 11.2 Å². The molecule has 3 heteroatoms. The lowest BCUT2D eigenvalue weighted by atomic mass is 10.1. The van der Waals surface area contributed by atoms with Crippen molar-refractivity contribution in [1.82, 2.24) is 0 Å². The van der Waals surface area contributed by atoms with Crippen LogP contribution in [0.3, 0.4) is 0 Å². The van der Waals surface area contributed by atoms with Gasteiger partial charge in [-0.25, -0.2) is 0 Å². The molecule has 0 aromatic heterocycles. The zero-order valence-corrected chi connectivity index (χ0v) is 12.2. The minimum absolute atomic E-state index is 0.703. The van der Waals surface area contributed by atoms with Crippen molar-refractivity contribution in [2.75, 3.05) is 17.2 Å². The van der Waals surface area contributed by atoms with Gasteiger partial charge in [0.2, 0.25) is 6.41 Å². The van der Waals surface area contributed by atoms with Gasteiger partial charge in [0.15, 0.2) is 0 Å². The number of hydrogen-bond donors (Lipinski definition) is 2. The van der Waals surface area contributed by atoms with Gasteiger partial charge in [-0.1, -0.05) is 36.8 Å². The van der Waals surface area contributed by atoms with Crippen LogP contribution in [0.25, 0.3) is 0 Å². The minimum atomic E-state index is 0.703. The van der Waals surface area contributed by atoms with Crippen LogP contribution in [0.15, 0.2) is 54.6 Å². The second-order valence-corrected chi connectivity index (χ2v) is 5.06. The number of rotatable bonds is 9. The molecule has 0 aliphatic rings. The summed E-state index contributed by atoms with van der Waals surface area (Å²) >= 11 is 0. The summed E-state index contributed by atoms with van der Waals surface area (Å²) in [6.07, 6.45) is 5.38. The van der Waals surface area contributed by atoms with Crippen molar-refractivity contribution in [3.8, 4) is 0 Å². The first-order chi connectivity index (χ1) is 10.4. The van der Waals surface area contributed by atoms with Crippen LogP contribution < -0.4 is 10.6 Å². The first-order valence-electron chi connectivity index (χ1n) is 7.46. The Hall–Kier alpha value is -2.29. The number of amides is 1. The Labute approximate surface area is 126 Å². The number of benzene rings is 2. The average molecular weight is 282 g/mol. The maximum absolute atomic E-state index is 10.3. The molecule has 0 spiro atoms. The quantitative estimate of drug-likeness (QED) is 0.537. The zero-order valence-electron chi connectivity index (χ0n) is 12.2. The van der Waals surface area contributed by atoms with E-state index in [1.807, 2.05) is 30.3 Å². The smallest absolute Gasteiger partial charge is 0.211 e. The summed E-state index contributed by atoms with van der Waals surface area (Å²) in [6, 6.07) is 18.4. The second-order valence-electron chi connectivity index (χ2n) is 5.06. The molecule has 0 heterocycles. The number of carbonyl (C=O) groups is 1. The third kappa shape index (κ3) is 5.69. The monoisotopic (exact) mass is 282 g/mol. The van der Waals surface area contributed by atoms with Gasteiger partial charge in [0.1, 0.15) is 0 Å². The summed E-state index contributed by atoms with van der Waals surface area (Å²) < 4.78 is 0. The normalized spacial score (nSPS) is 10.1. The molecule has 2 rings (SSSR count). The standard InChI is InChI=1S/C18H22N2O/c21-15-20-18-12-10-16(11-13-18)7-3-2-6-14-19-17-8-4-1-5-9-17/h1,4-5,8-13,15,19H,2-3,6-7,14H2,(H,20,21). The first-order valence-corrected chi connectivity index (χ1v) is 7.46.